The van der Waals surface area contributed by atoms with Gasteiger partial charge in [0.2, 0.25) is 0 Å². The fraction of sp³-hybridized carbons (Fsp3) is 0.500. The van der Waals surface area contributed by atoms with Crippen molar-refractivity contribution in [2.24, 2.45) is 0 Å². The van der Waals surface area contributed by atoms with E-state index in [0.29, 0.717) is 4.88 Å². The topological polar surface area (TPSA) is 69.6 Å². The number of amides is 1. The molecule has 3 N–H and O–H groups in total. The predicted octanol–water partition coefficient (Wildman–Crippen LogP) is 0.448. The Balaban J connectivity index is 2.68. The molecule has 1 aromatic rings. The molecule has 0 fully saturated rings. The third kappa shape index (κ3) is 3.02. The smallest absolute Gasteiger partial charge is 0.261 e. The molecule has 0 aliphatic heterocycles. The van der Waals surface area contributed by atoms with Gasteiger partial charge >= 0.3 is 0 Å². The number of nitrogens with one attached hydrogen (secondary N) is 1. The molecule has 0 bridgehead atoms. The van der Waals surface area contributed by atoms with Gasteiger partial charge in [-0.1, -0.05) is 0 Å². The molecule has 0 unspecified atom stereocenters. The maximum Gasteiger partial charge on any atom is 0.261 e. The highest BCUT2D eigenvalue weighted by atomic mass is 32.1. The number of thiophene rings is 1. The molecule has 4 nitrogen and oxygen atoms in total. The highest BCUT2D eigenvalue weighted by Crippen LogP contribution is 2.20. The zero-order valence-corrected chi connectivity index (χ0v) is 9.60. The van der Waals surface area contributed by atoms with Crippen LogP contribution in [0.15, 0.2) is 6.07 Å². The molecule has 0 radical (unpaired) electrons. The molecule has 0 aliphatic rings. The number of hydrogen-bond acceptors (Lipinski definition) is 4. The van der Waals surface area contributed by atoms with Gasteiger partial charge in [-0.25, -0.2) is 0 Å². The molecule has 1 amide bonds. The quantitative estimate of drug-likeness (QED) is 0.702. The summed E-state index contributed by atoms with van der Waals surface area (Å²) in [5.41, 5.74) is 1.08. The van der Waals surface area contributed by atoms with Gasteiger partial charge in [0.25, 0.3) is 5.91 Å². The minimum Gasteiger partial charge on any atom is -0.394 e. The third-order valence-corrected chi connectivity index (χ3v) is 3.32. The van der Waals surface area contributed by atoms with Gasteiger partial charge in [0.1, 0.15) is 0 Å². The number of aryl methyl sites for hydroxylation is 2. The van der Waals surface area contributed by atoms with Gasteiger partial charge in [-0.15, -0.1) is 11.3 Å². The van der Waals surface area contributed by atoms with Crippen molar-refractivity contribution >= 4 is 17.2 Å². The number of carbonyl (C=O) groups excluding carboxylic acids is 1. The van der Waals surface area contributed by atoms with Crippen LogP contribution in [0.5, 0.6) is 0 Å². The molecule has 0 spiro atoms. The number of carbonyl (C=O) groups is 1. The summed E-state index contributed by atoms with van der Waals surface area (Å²) >= 11 is 1.41. The fourth-order valence-electron chi connectivity index (χ4n) is 1.09. The Labute approximate surface area is 92.6 Å². The first-order valence-corrected chi connectivity index (χ1v) is 5.49. The van der Waals surface area contributed by atoms with Gasteiger partial charge in [0.15, 0.2) is 0 Å². The van der Waals surface area contributed by atoms with E-state index in [-0.39, 0.29) is 19.1 Å². The van der Waals surface area contributed by atoms with E-state index >= 15 is 0 Å². The Hall–Kier alpha value is -0.910. The lowest BCUT2D eigenvalue weighted by Crippen LogP contribution is -2.39. The van der Waals surface area contributed by atoms with Crippen molar-refractivity contribution < 1.29 is 15.0 Å². The zero-order chi connectivity index (χ0) is 11.4. The fourth-order valence-corrected chi connectivity index (χ4v) is 2.03. The highest BCUT2D eigenvalue weighted by Gasteiger charge is 2.14. The van der Waals surface area contributed by atoms with Crippen molar-refractivity contribution in [2.45, 2.75) is 19.9 Å². The van der Waals surface area contributed by atoms with Crippen molar-refractivity contribution in [3.8, 4) is 0 Å². The summed E-state index contributed by atoms with van der Waals surface area (Å²) in [6.07, 6.45) is 0. The lowest BCUT2D eigenvalue weighted by Gasteiger charge is -2.11. The zero-order valence-electron chi connectivity index (χ0n) is 8.78. The Morgan fingerprint density at radius 1 is 1.47 bits per heavy atom. The highest BCUT2D eigenvalue weighted by molar-refractivity contribution is 7.14. The Morgan fingerprint density at radius 3 is 2.47 bits per heavy atom. The van der Waals surface area contributed by atoms with Gasteiger partial charge < -0.3 is 15.5 Å². The average Bonchev–Trinajstić information content (AvgIpc) is 2.55. The first-order valence-electron chi connectivity index (χ1n) is 4.68. The number of aliphatic hydroxyl groups excluding tert-OH is 2. The van der Waals surface area contributed by atoms with Crippen LogP contribution >= 0.6 is 11.3 Å². The van der Waals surface area contributed by atoms with Crippen LogP contribution in [0, 0.1) is 13.8 Å². The van der Waals surface area contributed by atoms with Crippen LogP contribution in [-0.4, -0.2) is 35.4 Å². The van der Waals surface area contributed by atoms with E-state index in [1.165, 1.54) is 11.3 Å². The molecule has 84 valence electrons. The van der Waals surface area contributed by atoms with Gasteiger partial charge in [-0.2, -0.15) is 0 Å². The van der Waals surface area contributed by atoms with Crippen LogP contribution in [-0.2, 0) is 0 Å². The molecule has 1 heterocycles. The normalized spacial score (nSPS) is 10.7. The number of aliphatic hydroxyl groups is 2. The molecule has 0 aliphatic carbocycles. The molecule has 1 rings (SSSR count). The molecule has 5 heteroatoms. The average molecular weight is 229 g/mol. The van der Waals surface area contributed by atoms with Gasteiger partial charge in [-0.05, 0) is 25.5 Å². The molecule has 0 saturated heterocycles. The lowest BCUT2D eigenvalue weighted by atomic mass is 10.2. The van der Waals surface area contributed by atoms with E-state index in [4.69, 9.17) is 10.2 Å². The van der Waals surface area contributed by atoms with Crippen molar-refractivity contribution in [1.29, 1.82) is 0 Å². The van der Waals surface area contributed by atoms with E-state index in [9.17, 15) is 4.79 Å². The second-order valence-corrected chi connectivity index (χ2v) is 4.64. The van der Waals surface area contributed by atoms with Crippen molar-refractivity contribution in [3.63, 3.8) is 0 Å². The Kier molecular flexibility index (Phi) is 4.26. The lowest BCUT2D eigenvalue weighted by molar-refractivity contribution is 0.0883. The summed E-state index contributed by atoms with van der Waals surface area (Å²) < 4.78 is 0. The summed E-state index contributed by atoms with van der Waals surface area (Å²) in [7, 11) is 0. The second-order valence-electron chi connectivity index (χ2n) is 3.39. The SMILES string of the molecule is Cc1cc(C(=O)NC(CO)CO)sc1C. The maximum atomic E-state index is 11.6. The molecular formula is C10H15NO3S. The van der Waals surface area contributed by atoms with Gasteiger partial charge in [0, 0.05) is 4.88 Å². The minimum atomic E-state index is -0.583. The van der Waals surface area contributed by atoms with Gasteiger partial charge in [0.05, 0.1) is 24.1 Å². The number of hydrogen-bond donors (Lipinski definition) is 3. The first kappa shape index (κ1) is 12.2. The molecule has 0 saturated carbocycles. The largest absolute Gasteiger partial charge is 0.394 e. The molecular weight excluding hydrogens is 214 g/mol. The molecule has 1 aromatic heterocycles. The maximum absolute atomic E-state index is 11.6. The summed E-state index contributed by atoms with van der Waals surface area (Å²) in [6, 6.07) is 1.22. The van der Waals surface area contributed by atoms with E-state index in [0.717, 1.165) is 10.4 Å². The Bertz CT molecular complexity index is 325. The molecule has 15 heavy (non-hydrogen) atoms. The van der Waals surface area contributed by atoms with Crippen molar-refractivity contribution in [1.82, 2.24) is 5.32 Å². The monoisotopic (exact) mass is 229 g/mol. The van der Waals surface area contributed by atoms with Crippen LogP contribution in [0.1, 0.15) is 20.1 Å². The predicted molar refractivity (Wildman–Crippen MR) is 59.2 cm³/mol. The van der Waals surface area contributed by atoms with Crippen LogP contribution in [0.4, 0.5) is 0 Å². The second kappa shape index (κ2) is 5.25. The first-order chi connectivity index (χ1) is 7.08. The van der Waals surface area contributed by atoms with Crippen LogP contribution in [0.2, 0.25) is 0 Å². The van der Waals surface area contributed by atoms with Crippen molar-refractivity contribution in [2.75, 3.05) is 13.2 Å². The molecule has 0 aromatic carbocycles. The van der Waals surface area contributed by atoms with Crippen LogP contribution in [0.25, 0.3) is 0 Å². The number of rotatable bonds is 4. The van der Waals surface area contributed by atoms with Crippen LogP contribution < -0.4 is 5.32 Å². The van der Waals surface area contributed by atoms with E-state index in [1.807, 2.05) is 13.8 Å². The van der Waals surface area contributed by atoms with E-state index < -0.39 is 6.04 Å². The Morgan fingerprint density at radius 2 is 2.07 bits per heavy atom. The third-order valence-electron chi connectivity index (χ3n) is 2.17. The van der Waals surface area contributed by atoms with E-state index in [1.54, 1.807) is 6.07 Å². The summed E-state index contributed by atoms with van der Waals surface area (Å²) in [5.74, 6) is -0.246. The minimum absolute atomic E-state index is 0.246. The van der Waals surface area contributed by atoms with Crippen LogP contribution in [0.3, 0.4) is 0 Å². The molecule has 0 atom stereocenters. The van der Waals surface area contributed by atoms with E-state index in [2.05, 4.69) is 5.32 Å². The van der Waals surface area contributed by atoms with Gasteiger partial charge in [-0.3, -0.25) is 4.79 Å². The van der Waals surface area contributed by atoms with Crippen molar-refractivity contribution in [3.05, 3.63) is 21.4 Å². The summed E-state index contributed by atoms with van der Waals surface area (Å²) in [5, 5.41) is 20.2. The standard InChI is InChI=1S/C10H15NO3S/c1-6-3-9(15-7(6)2)10(14)11-8(4-12)5-13/h3,8,12-13H,4-5H2,1-2H3,(H,11,14). The summed E-state index contributed by atoms with van der Waals surface area (Å²) in [6.45, 7) is 3.38. The summed E-state index contributed by atoms with van der Waals surface area (Å²) in [4.78, 5) is 13.3.